The Morgan fingerprint density at radius 2 is 1.88 bits per heavy atom. The lowest BCUT2D eigenvalue weighted by atomic mass is 10.0. The van der Waals surface area contributed by atoms with E-state index in [0.29, 0.717) is 5.75 Å². The predicted octanol–water partition coefficient (Wildman–Crippen LogP) is 3.30. The second-order valence-electron chi connectivity index (χ2n) is 5.80. The van der Waals surface area contributed by atoms with Crippen LogP contribution >= 0.6 is 11.3 Å². The number of thiophene rings is 1. The van der Waals surface area contributed by atoms with Crippen molar-refractivity contribution in [3.63, 3.8) is 0 Å². The molecule has 0 aliphatic carbocycles. The fraction of sp³-hybridized carbons (Fsp3) is 0.211. The maximum absolute atomic E-state index is 11.9. The summed E-state index contributed by atoms with van der Waals surface area (Å²) in [6.07, 6.45) is 0. The number of para-hydroxylation sites is 1. The molecule has 3 aromatic rings. The average molecular weight is 341 g/mol. The van der Waals surface area contributed by atoms with E-state index in [1.165, 1.54) is 11.3 Å². The second kappa shape index (κ2) is 7.03. The zero-order chi connectivity index (χ0) is 17.0. The Bertz CT molecular complexity index is 794. The van der Waals surface area contributed by atoms with Gasteiger partial charge in [-0.15, -0.1) is 11.3 Å². The van der Waals surface area contributed by atoms with E-state index in [1.807, 2.05) is 48.5 Å². The number of carbonyl (C=O) groups is 1. The highest BCUT2D eigenvalue weighted by molar-refractivity contribution is 7.19. The minimum atomic E-state index is -1.12. The van der Waals surface area contributed by atoms with Crippen LogP contribution in [0.15, 0.2) is 60.7 Å². The van der Waals surface area contributed by atoms with E-state index in [-0.39, 0.29) is 19.1 Å². The Morgan fingerprint density at radius 3 is 2.62 bits per heavy atom. The molecule has 0 unspecified atom stereocenters. The Kier molecular flexibility index (Phi) is 4.83. The van der Waals surface area contributed by atoms with Crippen LogP contribution in [0.25, 0.3) is 10.1 Å². The zero-order valence-electron chi connectivity index (χ0n) is 13.4. The molecule has 0 aliphatic rings. The molecular formula is C19H19NO3S. The standard InChI is InChI=1S/C19H19NO3S/c1-19(22,17-11-14-7-5-6-10-16(14)24-17)13-20-18(21)12-23-15-8-3-2-4-9-15/h2-11,22H,12-13H2,1H3,(H,20,21)/t19-/m1/s1. The third kappa shape index (κ3) is 3.93. The number of benzene rings is 2. The van der Waals surface area contributed by atoms with Crippen molar-refractivity contribution >= 4 is 27.3 Å². The van der Waals surface area contributed by atoms with Gasteiger partial charge >= 0.3 is 0 Å². The SMILES string of the molecule is C[C@@](O)(CNC(=O)COc1ccccc1)c1cc2ccccc2s1. The molecule has 0 bridgehead atoms. The number of ether oxygens (including phenoxy) is 1. The summed E-state index contributed by atoms with van der Waals surface area (Å²) in [7, 11) is 0. The quantitative estimate of drug-likeness (QED) is 0.723. The molecule has 1 heterocycles. The zero-order valence-corrected chi connectivity index (χ0v) is 14.2. The monoisotopic (exact) mass is 341 g/mol. The minimum absolute atomic E-state index is 0.0769. The molecule has 0 aliphatic heterocycles. The minimum Gasteiger partial charge on any atom is -0.484 e. The molecule has 4 nitrogen and oxygen atoms in total. The van der Waals surface area contributed by atoms with Crippen molar-refractivity contribution < 1.29 is 14.6 Å². The van der Waals surface area contributed by atoms with Gasteiger partial charge in [0.15, 0.2) is 6.61 Å². The van der Waals surface area contributed by atoms with Crippen LogP contribution in [0.2, 0.25) is 0 Å². The summed E-state index contributed by atoms with van der Waals surface area (Å²) < 4.78 is 6.51. The Morgan fingerprint density at radius 1 is 1.17 bits per heavy atom. The van der Waals surface area contributed by atoms with Crippen molar-refractivity contribution in [3.8, 4) is 5.75 Å². The fourth-order valence-corrected chi connectivity index (χ4v) is 3.43. The molecular weight excluding hydrogens is 322 g/mol. The lowest BCUT2D eigenvalue weighted by Crippen LogP contribution is -2.40. The molecule has 3 rings (SSSR count). The third-order valence-electron chi connectivity index (χ3n) is 3.70. The van der Waals surface area contributed by atoms with Gasteiger partial charge in [-0.2, -0.15) is 0 Å². The van der Waals surface area contributed by atoms with Gasteiger partial charge in [0, 0.05) is 9.58 Å². The first-order valence-corrected chi connectivity index (χ1v) is 8.52. The fourth-order valence-electron chi connectivity index (χ4n) is 2.32. The highest BCUT2D eigenvalue weighted by atomic mass is 32.1. The van der Waals surface area contributed by atoms with E-state index < -0.39 is 5.60 Å². The van der Waals surface area contributed by atoms with Gasteiger partial charge in [0.1, 0.15) is 11.4 Å². The van der Waals surface area contributed by atoms with Gasteiger partial charge in [-0.25, -0.2) is 0 Å². The van der Waals surface area contributed by atoms with Gasteiger partial charge in [0.05, 0.1) is 6.54 Å². The summed E-state index contributed by atoms with van der Waals surface area (Å²) in [6, 6.07) is 19.1. The molecule has 1 amide bonds. The van der Waals surface area contributed by atoms with Crippen LogP contribution in [0, 0.1) is 0 Å². The summed E-state index contributed by atoms with van der Waals surface area (Å²) in [5.41, 5.74) is -1.12. The molecule has 0 saturated carbocycles. The Balaban J connectivity index is 1.57. The first-order valence-electron chi connectivity index (χ1n) is 7.70. The maximum atomic E-state index is 11.9. The summed E-state index contributed by atoms with van der Waals surface area (Å²) in [5.74, 6) is 0.379. The number of rotatable bonds is 6. The number of carbonyl (C=O) groups excluding carboxylic acids is 1. The second-order valence-corrected chi connectivity index (χ2v) is 6.88. The Labute approximate surface area is 144 Å². The van der Waals surface area contributed by atoms with Crippen molar-refractivity contribution in [1.82, 2.24) is 5.32 Å². The van der Waals surface area contributed by atoms with E-state index in [2.05, 4.69) is 5.32 Å². The van der Waals surface area contributed by atoms with E-state index in [9.17, 15) is 9.90 Å². The van der Waals surface area contributed by atoms with Crippen LogP contribution in [0.5, 0.6) is 5.75 Å². The largest absolute Gasteiger partial charge is 0.484 e. The van der Waals surface area contributed by atoms with E-state index in [4.69, 9.17) is 4.74 Å². The molecule has 5 heteroatoms. The number of fused-ring (bicyclic) bond motifs is 1. The third-order valence-corrected chi connectivity index (χ3v) is 5.07. The first kappa shape index (κ1) is 16.5. The van der Waals surface area contributed by atoms with E-state index >= 15 is 0 Å². The van der Waals surface area contributed by atoms with Gasteiger partial charge in [0.2, 0.25) is 0 Å². The van der Waals surface area contributed by atoms with Crippen molar-refractivity contribution in [2.45, 2.75) is 12.5 Å². The number of hydrogen-bond acceptors (Lipinski definition) is 4. The van der Waals surface area contributed by atoms with Crippen LogP contribution in [-0.2, 0) is 10.4 Å². The molecule has 0 spiro atoms. The van der Waals surface area contributed by atoms with Gasteiger partial charge in [0.25, 0.3) is 5.91 Å². The summed E-state index contributed by atoms with van der Waals surface area (Å²) in [4.78, 5) is 12.7. The van der Waals surface area contributed by atoms with Crippen molar-refractivity contribution in [3.05, 3.63) is 65.5 Å². The van der Waals surface area contributed by atoms with Crippen LogP contribution in [0.4, 0.5) is 0 Å². The summed E-state index contributed by atoms with van der Waals surface area (Å²) in [5, 5.41) is 14.5. The summed E-state index contributed by atoms with van der Waals surface area (Å²) in [6.45, 7) is 1.76. The van der Waals surface area contributed by atoms with E-state index in [0.717, 1.165) is 15.0 Å². The lowest BCUT2D eigenvalue weighted by Gasteiger charge is -2.22. The van der Waals surface area contributed by atoms with Gasteiger partial charge in [-0.3, -0.25) is 4.79 Å². The number of aliphatic hydroxyl groups is 1. The number of nitrogens with one attached hydrogen (secondary N) is 1. The molecule has 124 valence electrons. The molecule has 1 atom stereocenters. The number of amides is 1. The van der Waals surface area contributed by atoms with Gasteiger partial charge < -0.3 is 15.2 Å². The van der Waals surface area contributed by atoms with Crippen LogP contribution in [-0.4, -0.2) is 24.2 Å². The van der Waals surface area contributed by atoms with Gasteiger partial charge in [-0.05, 0) is 36.6 Å². The molecule has 2 N–H and O–H groups in total. The summed E-state index contributed by atoms with van der Waals surface area (Å²) >= 11 is 1.53. The van der Waals surface area contributed by atoms with Gasteiger partial charge in [-0.1, -0.05) is 36.4 Å². The maximum Gasteiger partial charge on any atom is 0.258 e. The average Bonchev–Trinajstić information content (AvgIpc) is 3.04. The topological polar surface area (TPSA) is 58.6 Å². The molecule has 24 heavy (non-hydrogen) atoms. The number of hydrogen-bond donors (Lipinski definition) is 2. The van der Waals surface area contributed by atoms with Crippen LogP contribution in [0.3, 0.4) is 0 Å². The molecule has 1 aromatic heterocycles. The highest BCUT2D eigenvalue weighted by Gasteiger charge is 2.26. The van der Waals surface area contributed by atoms with Crippen molar-refractivity contribution in [2.24, 2.45) is 0 Å². The molecule has 0 radical (unpaired) electrons. The van der Waals surface area contributed by atoms with E-state index in [1.54, 1.807) is 19.1 Å². The highest BCUT2D eigenvalue weighted by Crippen LogP contribution is 2.32. The van der Waals surface area contributed by atoms with Crippen LogP contribution < -0.4 is 10.1 Å². The Hall–Kier alpha value is -2.37. The first-order chi connectivity index (χ1) is 11.5. The molecule has 0 saturated heterocycles. The van der Waals surface area contributed by atoms with Crippen molar-refractivity contribution in [2.75, 3.05) is 13.2 Å². The lowest BCUT2D eigenvalue weighted by molar-refractivity contribution is -0.124. The normalized spacial score (nSPS) is 13.4. The van der Waals surface area contributed by atoms with Crippen LogP contribution in [0.1, 0.15) is 11.8 Å². The predicted molar refractivity (Wildman–Crippen MR) is 96.3 cm³/mol. The smallest absolute Gasteiger partial charge is 0.258 e. The van der Waals surface area contributed by atoms with Crippen molar-refractivity contribution in [1.29, 1.82) is 0 Å². The molecule has 2 aromatic carbocycles. The molecule has 0 fully saturated rings.